The van der Waals surface area contributed by atoms with Gasteiger partial charge in [0.05, 0.1) is 6.61 Å². The number of nitrogen functional groups attached to an aromatic ring is 1. The smallest absolute Gasteiger partial charge is 0.200 e. The van der Waals surface area contributed by atoms with Gasteiger partial charge in [0.2, 0.25) is 0 Å². The van der Waals surface area contributed by atoms with Gasteiger partial charge in [-0.05, 0) is 12.8 Å². The van der Waals surface area contributed by atoms with Gasteiger partial charge in [0.25, 0.3) is 0 Å². The molecule has 2 N–H and O–H groups in total. The Bertz CT molecular complexity index is 266. The molecular weight excluding hydrogens is 166 g/mol. The Hall–Kier alpha value is -1.03. The van der Waals surface area contributed by atoms with Crippen LogP contribution < -0.4 is 5.73 Å². The van der Waals surface area contributed by atoms with E-state index in [1.165, 1.54) is 12.8 Å². The third-order valence-electron chi connectivity index (χ3n) is 2.46. The molecule has 0 amide bonds. The lowest BCUT2D eigenvalue weighted by atomic mass is 10.0. The highest BCUT2D eigenvalue weighted by atomic mass is 16.5. The highest BCUT2D eigenvalue weighted by Crippen LogP contribution is 2.16. The quantitative estimate of drug-likeness (QED) is 0.737. The minimum atomic E-state index is 0.602. The average Bonchev–Trinajstić information content (AvgIpc) is 2.54. The number of anilines is 1. The molecule has 0 saturated carbocycles. The van der Waals surface area contributed by atoms with E-state index in [-0.39, 0.29) is 0 Å². The highest BCUT2D eigenvalue weighted by Gasteiger charge is 2.14. The van der Waals surface area contributed by atoms with Gasteiger partial charge in [-0.1, -0.05) is 0 Å². The number of rotatable bonds is 2. The Labute approximate surface area is 77.7 Å². The van der Waals surface area contributed by atoms with E-state index in [2.05, 4.69) is 4.98 Å². The van der Waals surface area contributed by atoms with Crippen LogP contribution in [0.2, 0.25) is 0 Å². The number of imidazole rings is 1. The van der Waals surface area contributed by atoms with Crippen molar-refractivity contribution in [3.63, 3.8) is 0 Å². The van der Waals surface area contributed by atoms with Crippen LogP contribution >= 0.6 is 0 Å². The van der Waals surface area contributed by atoms with Crippen molar-refractivity contribution in [2.75, 3.05) is 18.9 Å². The van der Waals surface area contributed by atoms with Crippen molar-refractivity contribution in [2.24, 2.45) is 5.92 Å². The van der Waals surface area contributed by atoms with Gasteiger partial charge in [0.1, 0.15) is 0 Å². The molecule has 0 radical (unpaired) electrons. The predicted octanol–water partition coefficient (Wildman–Crippen LogP) is 0.892. The Kier molecular flexibility index (Phi) is 2.49. The highest BCUT2D eigenvalue weighted by molar-refractivity contribution is 5.16. The summed E-state index contributed by atoms with van der Waals surface area (Å²) < 4.78 is 7.38. The largest absolute Gasteiger partial charge is 0.381 e. The van der Waals surface area contributed by atoms with Crippen molar-refractivity contribution >= 4 is 5.95 Å². The van der Waals surface area contributed by atoms with E-state index in [0.29, 0.717) is 11.9 Å². The van der Waals surface area contributed by atoms with Crippen molar-refractivity contribution in [3.8, 4) is 0 Å². The van der Waals surface area contributed by atoms with Gasteiger partial charge >= 0.3 is 0 Å². The molecule has 2 rings (SSSR count). The number of hydrogen-bond acceptors (Lipinski definition) is 3. The SMILES string of the molecule is Nc1nccn1CC1CCCOC1. The topological polar surface area (TPSA) is 53.1 Å². The molecule has 1 fully saturated rings. The van der Waals surface area contributed by atoms with Crippen LogP contribution in [-0.2, 0) is 11.3 Å². The average molecular weight is 181 g/mol. The van der Waals surface area contributed by atoms with Gasteiger partial charge in [0, 0.05) is 31.5 Å². The molecule has 0 aliphatic carbocycles. The first-order valence-corrected chi connectivity index (χ1v) is 4.70. The molecule has 1 aliphatic heterocycles. The Morgan fingerprint density at radius 3 is 3.23 bits per heavy atom. The van der Waals surface area contributed by atoms with Crippen molar-refractivity contribution < 1.29 is 4.74 Å². The molecule has 0 bridgehead atoms. The van der Waals surface area contributed by atoms with Crippen LogP contribution in [0.3, 0.4) is 0 Å². The van der Waals surface area contributed by atoms with Crippen molar-refractivity contribution in [1.82, 2.24) is 9.55 Å². The fourth-order valence-corrected chi connectivity index (χ4v) is 1.72. The van der Waals surface area contributed by atoms with Crippen LogP contribution in [-0.4, -0.2) is 22.8 Å². The number of hydrogen-bond donors (Lipinski definition) is 1. The Morgan fingerprint density at radius 2 is 2.62 bits per heavy atom. The van der Waals surface area contributed by atoms with Gasteiger partial charge in [-0.2, -0.15) is 0 Å². The molecule has 1 aromatic rings. The van der Waals surface area contributed by atoms with Gasteiger partial charge in [-0.3, -0.25) is 0 Å². The first-order chi connectivity index (χ1) is 6.36. The first kappa shape index (κ1) is 8.56. The molecule has 1 saturated heterocycles. The number of aromatic nitrogens is 2. The molecule has 1 unspecified atom stereocenters. The summed E-state index contributed by atoms with van der Waals surface area (Å²) in [6.07, 6.45) is 6.06. The second-order valence-electron chi connectivity index (χ2n) is 3.52. The minimum absolute atomic E-state index is 0.602. The Balaban J connectivity index is 1.93. The van der Waals surface area contributed by atoms with Gasteiger partial charge in [-0.25, -0.2) is 4.98 Å². The van der Waals surface area contributed by atoms with E-state index in [4.69, 9.17) is 10.5 Å². The third kappa shape index (κ3) is 2.01. The maximum Gasteiger partial charge on any atom is 0.200 e. The fraction of sp³-hybridized carbons (Fsp3) is 0.667. The fourth-order valence-electron chi connectivity index (χ4n) is 1.72. The molecule has 13 heavy (non-hydrogen) atoms. The minimum Gasteiger partial charge on any atom is -0.381 e. The van der Waals surface area contributed by atoms with Crippen LogP contribution in [0, 0.1) is 5.92 Å². The standard InChI is InChI=1S/C9H15N3O/c10-9-11-3-4-12(9)6-8-2-1-5-13-7-8/h3-4,8H,1-2,5-7H2,(H2,10,11). The van der Waals surface area contributed by atoms with Crippen molar-refractivity contribution in [3.05, 3.63) is 12.4 Å². The lowest BCUT2D eigenvalue weighted by Gasteiger charge is -2.22. The number of ether oxygens (including phenoxy) is 1. The zero-order valence-corrected chi connectivity index (χ0v) is 7.65. The van der Waals surface area contributed by atoms with E-state index >= 15 is 0 Å². The third-order valence-corrected chi connectivity index (χ3v) is 2.46. The summed E-state index contributed by atoms with van der Waals surface area (Å²) in [5, 5.41) is 0. The normalized spacial score (nSPS) is 23.2. The van der Waals surface area contributed by atoms with Crippen LogP contribution in [0.4, 0.5) is 5.95 Å². The zero-order valence-electron chi connectivity index (χ0n) is 7.65. The van der Waals surface area contributed by atoms with Gasteiger partial charge in [-0.15, -0.1) is 0 Å². The van der Waals surface area contributed by atoms with Crippen LogP contribution in [0.25, 0.3) is 0 Å². The predicted molar refractivity (Wildman–Crippen MR) is 50.2 cm³/mol. The van der Waals surface area contributed by atoms with E-state index in [1.807, 2.05) is 10.8 Å². The second kappa shape index (κ2) is 3.79. The molecule has 72 valence electrons. The lowest BCUT2D eigenvalue weighted by Crippen LogP contribution is -2.22. The molecule has 1 aliphatic rings. The van der Waals surface area contributed by atoms with Crippen LogP contribution in [0.15, 0.2) is 12.4 Å². The van der Waals surface area contributed by atoms with E-state index in [0.717, 1.165) is 19.8 Å². The number of nitrogens with two attached hydrogens (primary N) is 1. The molecule has 0 aromatic carbocycles. The first-order valence-electron chi connectivity index (χ1n) is 4.70. The molecular formula is C9H15N3O. The summed E-state index contributed by atoms with van der Waals surface area (Å²) in [5.41, 5.74) is 5.67. The maximum atomic E-state index is 5.67. The maximum absolute atomic E-state index is 5.67. The van der Waals surface area contributed by atoms with Gasteiger partial charge in [0.15, 0.2) is 5.95 Å². The summed E-state index contributed by atoms with van der Waals surface area (Å²) in [6, 6.07) is 0. The van der Waals surface area contributed by atoms with E-state index in [9.17, 15) is 0 Å². The van der Waals surface area contributed by atoms with E-state index < -0.39 is 0 Å². The van der Waals surface area contributed by atoms with Crippen LogP contribution in [0.1, 0.15) is 12.8 Å². The lowest BCUT2D eigenvalue weighted by molar-refractivity contribution is 0.0486. The summed E-state index contributed by atoms with van der Waals surface area (Å²) in [6.45, 7) is 2.71. The molecule has 0 spiro atoms. The molecule has 4 heteroatoms. The summed E-state index contributed by atoms with van der Waals surface area (Å²) in [7, 11) is 0. The van der Waals surface area contributed by atoms with E-state index in [1.54, 1.807) is 6.20 Å². The summed E-state index contributed by atoms with van der Waals surface area (Å²) in [4.78, 5) is 3.98. The van der Waals surface area contributed by atoms with Crippen LogP contribution in [0.5, 0.6) is 0 Å². The molecule has 2 heterocycles. The van der Waals surface area contributed by atoms with Gasteiger partial charge < -0.3 is 15.0 Å². The van der Waals surface area contributed by atoms with Crippen molar-refractivity contribution in [1.29, 1.82) is 0 Å². The summed E-state index contributed by atoms with van der Waals surface area (Å²) >= 11 is 0. The monoisotopic (exact) mass is 181 g/mol. The zero-order chi connectivity index (χ0) is 9.10. The summed E-state index contributed by atoms with van der Waals surface area (Å²) in [5.74, 6) is 1.20. The molecule has 1 atom stereocenters. The van der Waals surface area contributed by atoms with Crippen molar-refractivity contribution in [2.45, 2.75) is 19.4 Å². The molecule has 1 aromatic heterocycles. The Morgan fingerprint density at radius 1 is 1.69 bits per heavy atom. The second-order valence-corrected chi connectivity index (χ2v) is 3.52. The number of nitrogens with zero attached hydrogens (tertiary/aromatic N) is 2. The molecule has 4 nitrogen and oxygen atoms in total.